The van der Waals surface area contributed by atoms with Crippen LogP contribution in [0, 0.1) is 0 Å². The molecule has 1 unspecified atom stereocenters. The lowest BCUT2D eigenvalue weighted by molar-refractivity contribution is 0.0943. The molecule has 1 amide bonds. The third-order valence-electron chi connectivity index (χ3n) is 3.44. The van der Waals surface area contributed by atoms with Gasteiger partial charge in [-0.3, -0.25) is 4.79 Å². The minimum atomic E-state index is 0.0402. The average molecular weight is 275 g/mol. The van der Waals surface area contributed by atoms with Crippen LogP contribution in [0.5, 0.6) is 0 Å². The van der Waals surface area contributed by atoms with E-state index in [0.717, 1.165) is 29.9 Å². The maximum Gasteiger partial charge on any atom is 0.261 e. The van der Waals surface area contributed by atoms with Gasteiger partial charge in [-0.15, -0.1) is 11.3 Å². The van der Waals surface area contributed by atoms with E-state index in [1.807, 2.05) is 19.1 Å². The van der Waals surface area contributed by atoms with Crippen LogP contribution in [-0.2, 0) is 19.3 Å². The second kappa shape index (κ2) is 5.21. The molecule has 0 aliphatic heterocycles. The molecule has 0 bridgehead atoms. The lowest BCUT2D eigenvalue weighted by Gasteiger charge is -2.11. The first kappa shape index (κ1) is 12.5. The average Bonchev–Trinajstić information content (AvgIpc) is 3.02. The third-order valence-corrected chi connectivity index (χ3v) is 4.67. The Morgan fingerprint density at radius 2 is 2.42 bits per heavy atom. The number of nitrogens with one attached hydrogen (secondary N) is 1. The minimum absolute atomic E-state index is 0.0402. The van der Waals surface area contributed by atoms with Gasteiger partial charge >= 0.3 is 0 Å². The molecule has 2 heterocycles. The van der Waals surface area contributed by atoms with Crippen molar-refractivity contribution in [1.82, 2.24) is 5.32 Å². The van der Waals surface area contributed by atoms with Crippen molar-refractivity contribution in [2.24, 2.45) is 0 Å². The molecule has 3 nitrogen and oxygen atoms in total. The number of carbonyl (C=O) groups is 1. The number of amides is 1. The number of rotatable bonds is 4. The van der Waals surface area contributed by atoms with E-state index in [2.05, 4.69) is 11.4 Å². The minimum Gasteiger partial charge on any atom is -0.469 e. The monoisotopic (exact) mass is 275 g/mol. The van der Waals surface area contributed by atoms with Crippen LogP contribution in [0.3, 0.4) is 0 Å². The van der Waals surface area contributed by atoms with Gasteiger partial charge < -0.3 is 9.73 Å². The highest BCUT2D eigenvalue weighted by atomic mass is 32.1. The van der Waals surface area contributed by atoms with E-state index >= 15 is 0 Å². The van der Waals surface area contributed by atoms with Crippen molar-refractivity contribution in [3.63, 3.8) is 0 Å². The number of furan rings is 1. The van der Waals surface area contributed by atoms with Crippen LogP contribution in [0.2, 0.25) is 0 Å². The maximum atomic E-state index is 12.2. The smallest absolute Gasteiger partial charge is 0.261 e. The SMILES string of the molecule is CC(Cc1ccco1)NC(=O)c1cc2c(s1)CCC2. The van der Waals surface area contributed by atoms with Gasteiger partial charge in [0, 0.05) is 17.3 Å². The Kier molecular flexibility index (Phi) is 3.42. The van der Waals surface area contributed by atoms with E-state index in [-0.39, 0.29) is 11.9 Å². The standard InChI is InChI=1S/C15H17NO2S/c1-10(8-12-5-3-7-18-12)16-15(17)14-9-11-4-2-6-13(11)19-14/h3,5,7,9-10H,2,4,6,8H2,1H3,(H,16,17). The molecule has 1 atom stereocenters. The molecule has 0 radical (unpaired) electrons. The van der Waals surface area contributed by atoms with Gasteiger partial charge in [0.15, 0.2) is 0 Å². The second-order valence-corrected chi connectivity index (χ2v) is 6.21. The molecule has 4 heteroatoms. The zero-order chi connectivity index (χ0) is 13.2. The normalized spacial score (nSPS) is 15.2. The molecule has 2 aromatic rings. The number of hydrogen-bond acceptors (Lipinski definition) is 3. The summed E-state index contributed by atoms with van der Waals surface area (Å²) in [5.74, 6) is 0.944. The highest BCUT2D eigenvalue weighted by Gasteiger charge is 2.19. The lowest BCUT2D eigenvalue weighted by Crippen LogP contribution is -2.33. The van der Waals surface area contributed by atoms with Crippen molar-refractivity contribution >= 4 is 17.2 Å². The Morgan fingerprint density at radius 3 is 3.16 bits per heavy atom. The Morgan fingerprint density at radius 1 is 1.53 bits per heavy atom. The summed E-state index contributed by atoms with van der Waals surface area (Å²) in [5, 5.41) is 3.03. The third kappa shape index (κ3) is 2.73. The van der Waals surface area contributed by atoms with Crippen LogP contribution in [0.15, 0.2) is 28.9 Å². The number of fused-ring (bicyclic) bond motifs is 1. The quantitative estimate of drug-likeness (QED) is 0.931. The van der Waals surface area contributed by atoms with Crippen molar-refractivity contribution in [1.29, 1.82) is 0 Å². The predicted octanol–water partition coefficient (Wildman–Crippen LogP) is 3.19. The fourth-order valence-electron chi connectivity index (χ4n) is 2.52. The van der Waals surface area contributed by atoms with Crippen LogP contribution >= 0.6 is 11.3 Å². The van der Waals surface area contributed by atoms with Gasteiger partial charge in [0.25, 0.3) is 5.91 Å². The lowest BCUT2D eigenvalue weighted by atomic mass is 10.2. The molecule has 2 aromatic heterocycles. The summed E-state index contributed by atoms with van der Waals surface area (Å²) in [6, 6.07) is 5.94. The molecule has 100 valence electrons. The van der Waals surface area contributed by atoms with Crippen LogP contribution in [0.25, 0.3) is 0 Å². The van der Waals surface area contributed by atoms with E-state index in [1.54, 1.807) is 17.6 Å². The van der Waals surface area contributed by atoms with Crippen molar-refractivity contribution in [3.8, 4) is 0 Å². The van der Waals surface area contributed by atoms with Crippen molar-refractivity contribution < 1.29 is 9.21 Å². The number of thiophene rings is 1. The summed E-state index contributed by atoms with van der Waals surface area (Å²) in [7, 11) is 0. The van der Waals surface area contributed by atoms with Crippen LogP contribution in [0.1, 0.15) is 39.2 Å². The highest BCUT2D eigenvalue weighted by Crippen LogP contribution is 2.30. The fourth-order valence-corrected chi connectivity index (χ4v) is 3.67. The first-order valence-electron chi connectivity index (χ1n) is 6.67. The number of carbonyl (C=O) groups excluding carboxylic acids is 1. The second-order valence-electron chi connectivity index (χ2n) is 5.07. The first-order valence-corrected chi connectivity index (χ1v) is 7.49. The first-order chi connectivity index (χ1) is 9.22. The summed E-state index contributed by atoms with van der Waals surface area (Å²) >= 11 is 1.64. The molecule has 19 heavy (non-hydrogen) atoms. The van der Waals surface area contributed by atoms with Crippen molar-refractivity contribution in [3.05, 3.63) is 45.5 Å². The predicted molar refractivity (Wildman–Crippen MR) is 75.7 cm³/mol. The largest absolute Gasteiger partial charge is 0.469 e. The molecule has 1 N–H and O–H groups in total. The van der Waals surface area contributed by atoms with E-state index in [9.17, 15) is 4.79 Å². The summed E-state index contributed by atoms with van der Waals surface area (Å²) in [6.45, 7) is 2.00. The van der Waals surface area contributed by atoms with Gasteiger partial charge in [0.1, 0.15) is 5.76 Å². The fraction of sp³-hybridized carbons (Fsp3) is 0.400. The van der Waals surface area contributed by atoms with Crippen LogP contribution < -0.4 is 5.32 Å². The molecular formula is C15H17NO2S. The molecule has 0 saturated heterocycles. The van der Waals surface area contributed by atoms with E-state index in [4.69, 9.17) is 4.42 Å². The number of aryl methyl sites for hydroxylation is 2. The molecular weight excluding hydrogens is 258 g/mol. The molecule has 0 spiro atoms. The molecule has 0 fully saturated rings. The van der Waals surface area contributed by atoms with Gasteiger partial charge in [-0.05, 0) is 49.9 Å². The summed E-state index contributed by atoms with van der Waals surface area (Å²) in [5.41, 5.74) is 1.37. The zero-order valence-electron chi connectivity index (χ0n) is 10.9. The molecule has 0 saturated carbocycles. The van der Waals surface area contributed by atoms with E-state index in [0.29, 0.717) is 0 Å². The summed E-state index contributed by atoms with van der Waals surface area (Å²) < 4.78 is 5.29. The Hall–Kier alpha value is -1.55. The molecule has 1 aliphatic rings. The van der Waals surface area contributed by atoms with Gasteiger partial charge in [-0.2, -0.15) is 0 Å². The van der Waals surface area contributed by atoms with Crippen LogP contribution in [-0.4, -0.2) is 11.9 Å². The van der Waals surface area contributed by atoms with Crippen molar-refractivity contribution in [2.45, 2.75) is 38.6 Å². The highest BCUT2D eigenvalue weighted by molar-refractivity contribution is 7.14. The topological polar surface area (TPSA) is 42.2 Å². The molecule has 1 aliphatic carbocycles. The van der Waals surface area contributed by atoms with E-state index in [1.165, 1.54) is 16.9 Å². The van der Waals surface area contributed by atoms with Gasteiger partial charge in [-0.25, -0.2) is 0 Å². The summed E-state index contributed by atoms with van der Waals surface area (Å²) in [6.07, 6.45) is 5.88. The Labute approximate surface area is 116 Å². The summed E-state index contributed by atoms with van der Waals surface area (Å²) in [4.78, 5) is 14.4. The Balaban J connectivity index is 1.61. The van der Waals surface area contributed by atoms with Gasteiger partial charge in [-0.1, -0.05) is 0 Å². The van der Waals surface area contributed by atoms with Gasteiger partial charge in [0.05, 0.1) is 11.1 Å². The Bertz CT molecular complexity index is 549. The van der Waals surface area contributed by atoms with Gasteiger partial charge in [0.2, 0.25) is 0 Å². The number of hydrogen-bond donors (Lipinski definition) is 1. The molecule has 3 rings (SSSR count). The van der Waals surface area contributed by atoms with Crippen LogP contribution in [0.4, 0.5) is 0 Å². The molecule has 0 aromatic carbocycles. The van der Waals surface area contributed by atoms with E-state index < -0.39 is 0 Å². The van der Waals surface area contributed by atoms with Crippen molar-refractivity contribution in [2.75, 3.05) is 0 Å². The zero-order valence-corrected chi connectivity index (χ0v) is 11.8. The maximum absolute atomic E-state index is 12.2.